The molecule has 0 spiro atoms. The van der Waals surface area contributed by atoms with Gasteiger partial charge >= 0.3 is 0 Å². The second kappa shape index (κ2) is 4.91. The van der Waals surface area contributed by atoms with Crippen LogP contribution in [0.5, 0.6) is 0 Å². The highest BCUT2D eigenvalue weighted by molar-refractivity contribution is 9.10. The number of aromatic nitrogens is 1. The van der Waals surface area contributed by atoms with Crippen molar-refractivity contribution in [1.29, 1.82) is 0 Å². The number of nitrogens with zero attached hydrogens (tertiary/aromatic N) is 1. The van der Waals surface area contributed by atoms with Crippen LogP contribution in [0.3, 0.4) is 0 Å². The second-order valence-electron chi connectivity index (χ2n) is 4.30. The summed E-state index contributed by atoms with van der Waals surface area (Å²) in [6, 6.07) is 18.9. The van der Waals surface area contributed by atoms with Crippen molar-refractivity contribution in [2.75, 3.05) is 0 Å². The first-order valence-electron chi connectivity index (χ1n) is 5.90. The van der Waals surface area contributed by atoms with Crippen LogP contribution in [0.2, 0.25) is 0 Å². The van der Waals surface area contributed by atoms with Crippen LogP contribution in [0.4, 0.5) is 0 Å². The molecule has 0 saturated heterocycles. The molecule has 0 unspecified atom stereocenters. The Morgan fingerprint density at radius 2 is 1.67 bits per heavy atom. The Morgan fingerprint density at radius 3 is 2.50 bits per heavy atom. The third-order valence-electron chi connectivity index (χ3n) is 3.02. The summed E-state index contributed by atoms with van der Waals surface area (Å²) in [5.74, 6) is 0. The molecule has 2 heteroatoms. The molecule has 3 aromatic rings. The number of hydrogen-bond donors (Lipinski definition) is 0. The maximum absolute atomic E-state index is 4.49. The van der Waals surface area contributed by atoms with E-state index >= 15 is 0 Å². The van der Waals surface area contributed by atoms with Crippen molar-refractivity contribution in [2.24, 2.45) is 0 Å². The number of pyridine rings is 1. The van der Waals surface area contributed by atoms with E-state index in [4.69, 9.17) is 0 Å². The van der Waals surface area contributed by atoms with Gasteiger partial charge in [0.05, 0.1) is 5.52 Å². The molecule has 0 atom stereocenters. The first-order chi connectivity index (χ1) is 8.83. The van der Waals surface area contributed by atoms with Crippen molar-refractivity contribution in [1.82, 2.24) is 4.98 Å². The molecule has 1 aromatic heterocycles. The minimum absolute atomic E-state index is 0.918. The molecule has 3 rings (SSSR count). The zero-order chi connectivity index (χ0) is 12.4. The second-order valence-corrected chi connectivity index (χ2v) is 5.21. The summed E-state index contributed by atoms with van der Waals surface area (Å²) >= 11 is 3.46. The fourth-order valence-corrected chi connectivity index (χ4v) is 2.40. The highest BCUT2D eigenvalue weighted by atomic mass is 79.9. The summed E-state index contributed by atoms with van der Waals surface area (Å²) in [4.78, 5) is 4.49. The Balaban J connectivity index is 2.02. The Hall–Kier alpha value is -1.67. The molecule has 0 aliphatic rings. The largest absolute Gasteiger partial charge is 0.256 e. The standard InChI is InChI=1S/C16H12BrN/c17-15-8-6-12(7-9-15)11-14-4-1-3-13-5-2-10-18-16(13)14/h1-10H,11H2. The predicted molar refractivity (Wildman–Crippen MR) is 78.7 cm³/mol. The zero-order valence-electron chi connectivity index (χ0n) is 9.81. The molecule has 0 saturated carbocycles. The quantitative estimate of drug-likeness (QED) is 0.674. The van der Waals surface area contributed by atoms with Gasteiger partial charge in [0.2, 0.25) is 0 Å². The van der Waals surface area contributed by atoms with Gasteiger partial charge in [-0.25, -0.2) is 0 Å². The Bertz CT molecular complexity index is 669. The molecule has 2 aromatic carbocycles. The lowest BCUT2D eigenvalue weighted by Gasteiger charge is -2.06. The normalized spacial score (nSPS) is 10.7. The topological polar surface area (TPSA) is 12.9 Å². The van der Waals surface area contributed by atoms with Crippen molar-refractivity contribution < 1.29 is 0 Å². The van der Waals surface area contributed by atoms with Crippen LogP contribution in [0, 0.1) is 0 Å². The molecule has 0 amide bonds. The summed E-state index contributed by atoms with van der Waals surface area (Å²) in [6.07, 6.45) is 2.77. The summed E-state index contributed by atoms with van der Waals surface area (Å²) in [5.41, 5.74) is 3.68. The molecule has 88 valence electrons. The fraction of sp³-hybridized carbons (Fsp3) is 0.0625. The predicted octanol–water partition coefficient (Wildman–Crippen LogP) is 4.59. The molecule has 18 heavy (non-hydrogen) atoms. The number of hydrogen-bond acceptors (Lipinski definition) is 1. The monoisotopic (exact) mass is 297 g/mol. The van der Waals surface area contributed by atoms with Crippen LogP contribution >= 0.6 is 15.9 Å². The van der Waals surface area contributed by atoms with E-state index in [0.29, 0.717) is 0 Å². The number of benzene rings is 2. The van der Waals surface area contributed by atoms with Crippen molar-refractivity contribution >= 4 is 26.8 Å². The van der Waals surface area contributed by atoms with Gasteiger partial charge in [-0.1, -0.05) is 52.3 Å². The average Bonchev–Trinajstić information content (AvgIpc) is 2.42. The van der Waals surface area contributed by atoms with Crippen molar-refractivity contribution in [3.63, 3.8) is 0 Å². The summed E-state index contributed by atoms with van der Waals surface area (Å²) in [7, 11) is 0. The lowest BCUT2D eigenvalue weighted by molar-refractivity contribution is 1.19. The smallest absolute Gasteiger partial charge is 0.0737 e. The Morgan fingerprint density at radius 1 is 0.889 bits per heavy atom. The molecule has 0 radical (unpaired) electrons. The van der Waals surface area contributed by atoms with Gasteiger partial charge in [0.1, 0.15) is 0 Å². The molecule has 0 fully saturated rings. The van der Waals surface area contributed by atoms with E-state index in [1.165, 1.54) is 16.5 Å². The molecule has 0 aliphatic carbocycles. The minimum atomic E-state index is 0.918. The number of fused-ring (bicyclic) bond motifs is 1. The van der Waals surface area contributed by atoms with Gasteiger partial charge in [0.25, 0.3) is 0 Å². The molecular formula is C16H12BrN. The number of halogens is 1. The maximum Gasteiger partial charge on any atom is 0.0737 e. The number of rotatable bonds is 2. The SMILES string of the molecule is Brc1ccc(Cc2cccc3cccnc23)cc1. The molecule has 0 N–H and O–H groups in total. The highest BCUT2D eigenvalue weighted by Gasteiger charge is 2.02. The van der Waals surface area contributed by atoms with Gasteiger partial charge in [0.15, 0.2) is 0 Å². The van der Waals surface area contributed by atoms with E-state index in [0.717, 1.165) is 16.4 Å². The van der Waals surface area contributed by atoms with Gasteiger partial charge in [-0.05, 0) is 35.7 Å². The third-order valence-corrected chi connectivity index (χ3v) is 3.55. The van der Waals surface area contributed by atoms with Crippen molar-refractivity contribution in [3.8, 4) is 0 Å². The first-order valence-corrected chi connectivity index (χ1v) is 6.69. The van der Waals surface area contributed by atoms with Gasteiger partial charge < -0.3 is 0 Å². The minimum Gasteiger partial charge on any atom is -0.256 e. The van der Waals surface area contributed by atoms with E-state index in [1.54, 1.807) is 0 Å². The van der Waals surface area contributed by atoms with Crippen LogP contribution in [-0.4, -0.2) is 4.98 Å². The van der Waals surface area contributed by atoms with E-state index in [9.17, 15) is 0 Å². The lowest BCUT2D eigenvalue weighted by atomic mass is 10.0. The Labute approximate surface area is 115 Å². The van der Waals surface area contributed by atoms with E-state index in [1.807, 2.05) is 12.3 Å². The zero-order valence-corrected chi connectivity index (χ0v) is 11.4. The van der Waals surface area contributed by atoms with Gasteiger partial charge in [-0.15, -0.1) is 0 Å². The Kier molecular flexibility index (Phi) is 3.11. The molecular weight excluding hydrogens is 286 g/mol. The van der Waals surface area contributed by atoms with Crippen LogP contribution in [-0.2, 0) is 6.42 Å². The van der Waals surface area contributed by atoms with Crippen molar-refractivity contribution in [2.45, 2.75) is 6.42 Å². The highest BCUT2D eigenvalue weighted by Crippen LogP contribution is 2.20. The van der Waals surface area contributed by atoms with E-state index in [-0.39, 0.29) is 0 Å². The van der Waals surface area contributed by atoms with Gasteiger partial charge in [-0.3, -0.25) is 4.98 Å². The molecule has 0 aliphatic heterocycles. The molecule has 0 bridgehead atoms. The summed E-state index contributed by atoms with van der Waals surface area (Å²) in [6.45, 7) is 0. The lowest BCUT2D eigenvalue weighted by Crippen LogP contribution is -1.91. The van der Waals surface area contributed by atoms with Crippen LogP contribution in [0.15, 0.2) is 65.3 Å². The van der Waals surface area contributed by atoms with Gasteiger partial charge in [-0.2, -0.15) is 0 Å². The van der Waals surface area contributed by atoms with E-state index in [2.05, 4.69) is 69.4 Å². The van der Waals surface area contributed by atoms with Crippen LogP contribution in [0.25, 0.3) is 10.9 Å². The molecule has 1 heterocycles. The fourth-order valence-electron chi connectivity index (χ4n) is 2.13. The summed E-state index contributed by atoms with van der Waals surface area (Å²) in [5, 5.41) is 1.20. The van der Waals surface area contributed by atoms with Crippen LogP contribution in [0.1, 0.15) is 11.1 Å². The first kappa shape index (κ1) is 11.4. The average molecular weight is 298 g/mol. The van der Waals surface area contributed by atoms with Gasteiger partial charge in [0, 0.05) is 16.1 Å². The third kappa shape index (κ3) is 2.29. The summed E-state index contributed by atoms with van der Waals surface area (Å²) < 4.78 is 1.11. The van der Waals surface area contributed by atoms with E-state index < -0.39 is 0 Å². The van der Waals surface area contributed by atoms with Crippen LogP contribution < -0.4 is 0 Å². The maximum atomic E-state index is 4.49. The van der Waals surface area contributed by atoms with Crippen molar-refractivity contribution in [3.05, 3.63) is 76.4 Å². The number of para-hydroxylation sites is 1. The molecule has 1 nitrogen and oxygen atoms in total.